The number of anilines is 3. The zero-order chi connectivity index (χ0) is 22.1. The fraction of sp³-hybridized carbons (Fsp3) is 0.136. The first-order chi connectivity index (χ1) is 15.6. The number of aromatic amines is 1. The molecule has 0 aliphatic rings. The van der Waals surface area contributed by atoms with Crippen LogP contribution in [0.2, 0.25) is 0 Å². The number of aromatic nitrogens is 7. The van der Waals surface area contributed by atoms with Crippen LogP contribution in [0, 0.1) is 6.92 Å². The normalized spacial score (nSPS) is 11.0. The van der Waals surface area contributed by atoms with Gasteiger partial charge in [0.25, 0.3) is 0 Å². The molecule has 2 aromatic carbocycles. The van der Waals surface area contributed by atoms with Crippen LogP contribution in [0.15, 0.2) is 54.7 Å². The summed E-state index contributed by atoms with van der Waals surface area (Å²) in [5.41, 5.74) is 3.76. The van der Waals surface area contributed by atoms with Crippen molar-refractivity contribution in [2.24, 2.45) is 0 Å². The molecule has 160 valence electrons. The third-order valence-corrected chi connectivity index (χ3v) is 4.98. The minimum absolute atomic E-state index is 0.462. The predicted octanol–water partition coefficient (Wildman–Crippen LogP) is 3.70. The van der Waals surface area contributed by atoms with Gasteiger partial charge in [0, 0.05) is 13.1 Å². The first-order valence-corrected chi connectivity index (χ1v) is 9.99. The monoisotopic (exact) mass is 427 g/mol. The van der Waals surface area contributed by atoms with Gasteiger partial charge in [0.05, 0.1) is 24.3 Å². The second kappa shape index (κ2) is 7.99. The lowest BCUT2D eigenvalue weighted by Gasteiger charge is -2.10. The molecule has 0 aliphatic heterocycles. The molecule has 0 radical (unpaired) electrons. The number of H-pyrrole nitrogens is 1. The summed E-state index contributed by atoms with van der Waals surface area (Å²) in [6.07, 6.45) is 1.67. The van der Waals surface area contributed by atoms with Crippen LogP contribution in [-0.2, 0) is 0 Å². The van der Waals surface area contributed by atoms with Crippen LogP contribution in [0.4, 0.5) is 17.7 Å². The molecular weight excluding hydrogens is 406 g/mol. The highest BCUT2D eigenvalue weighted by atomic mass is 16.5. The molecule has 0 spiro atoms. The molecule has 32 heavy (non-hydrogen) atoms. The molecule has 5 aromatic rings. The van der Waals surface area contributed by atoms with Gasteiger partial charge in [0.1, 0.15) is 17.4 Å². The average molecular weight is 427 g/mol. The van der Waals surface area contributed by atoms with Crippen LogP contribution in [0.5, 0.6) is 5.75 Å². The number of benzene rings is 2. The smallest absolute Gasteiger partial charge is 0.242 e. The zero-order valence-corrected chi connectivity index (χ0v) is 17.8. The standard InChI is InChI=1S/C22H21N9O/c1-13-25-20(23-2)29-21(26-13)31-18-9-6-15(14-4-7-16(32-3)8-5-14)12-17(18)27-22(31)28-19-10-11-24-30-19/h4-12H,1-3H3,(H,23,25,26,29)(H2,24,27,28,30). The fourth-order valence-electron chi connectivity index (χ4n) is 3.46. The van der Waals surface area contributed by atoms with E-state index in [4.69, 9.17) is 9.72 Å². The molecule has 0 bridgehead atoms. The van der Waals surface area contributed by atoms with E-state index in [0.29, 0.717) is 29.5 Å². The molecule has 0 amide bonds. The van der Waals surface area contributed by atoms with Crippen molar-refractivity contribution in [2.45, 2.75) is 6.92 Å². The Bertz CT molecular complexity index is 1380. The number of nitrogens with one attached hydrogen (secondary N) is 3. The molecule has 3 N–H and O–H groups in total. The van der Waals surface area contributed by atoms with Crippen molar-refractivity contribution in [3.63, 3.8) is 0 Å². The Kier molecular flexibility index (Phi) is 4.86. The molecule has 0 fully saturated rings. The van der Waals surface area contributed by atoms with Crippen LogP contribution in [0.1, 0.15) is 5.82 Å². The second-order valence-corrected chi connectivity index (χ2v) is 7.05. The van der Waals surface area contributed by atoms with Crippen LogP contribution in [0.3, 0.4) is 0 Å². The Balaban J connectivity index is 1.67. The van der Waals surface area contributed by atoms with Crippen molar-refractivity contribution in [1.29, 1.82) is 0 Å². The van der Waals surface area contributed by atoms with Crippen molar-refractivity contribution < 1.29 is 4.74 Å². The summed E-state index contributed by atoms with van der Waals surface area (Å²) >= 11 is 0. The van der Waals surface area contributed by atoms with Gasteiger partial charge in [-0.05, 0) is 42.3 Å². The Morgan fingerprint density at radius 1 is 0.938 bits per heavy atom. The molecule has 0 saturated carbocycles. The molecule has 3 aromatic heterocycles. The van der Waals surface area contributed by atoms with Gasteiger partial charge in [-0.2, -0.15) is 20.1 Å². The van der Waals surface area contributed by atoms with Gasteiger partial charge in [-0.1, -0.05) is 18.2 Å². The number of nitrogens with zero attached hydrogens (tertiary/aromatic N) is 6. The first kappa shape index (κ1) is 19.5. The number of methoxy groups -OCH3 is 1. The largest absolute Gasteiger partial charge is 0.497 e. The van der Waals surface area contributed by atoms with E-state index in [0.717, 1.165) is 27.9 Å². The third-order valence-electron chi connectivity index (χ3n) is 4.98. The van der Waals surface area contributed by atoms with E-state index < -0.39 is 0 Å². The Hall–Kier alpha value is -4.47. The highest BCUT2D eigenvalue weighted by Gasteiger charge is 2.17. The summed E-state index contributed by atoms with van der Waals surface area (Å²) in [7, 11) is 3.43. The molecule has 10 nitrogen and oxygen atoms in total. The fourth-order valence-corrected chi connectivity index (χ4v) is 3.46. The number of aryl methyl sites for hydroxylation is 1. The van der Waals surface area contributed by atoms with E-state index in [2.05, 4.69) is 41.8 Å². The number of fused-ring (bicyclic) bond motifs is 1. The number of hydrogen-bond acceptors (Lipinski definition) is 8. The van der Waals surface area contributed by atoms with Gasteiger partial charge in [0.15, 0.2) is 0 Å². The second-order valence-electron chi connectivity index (χ2n) is 7.05. The van der Waals surface area contributed by atoms with Gasteiger partial charge in [-0.25, -0.2) is 9.55 Å². The van der Waals surface area contributed by atoms with Gasteiger partial charge >= 0.3 is 0 Å². The molecule has 0 atom stereocenters. The number of ether oxygens (including phenoxy) is 1. The number of rotatable bonds is 6. The SMILES string of the molecule is CNc1nc(C)nc(-n2c(Nc3ccn[nH]3)nc3cc(-c4ccc(OC)cc4)ccc32)n1. The molecular formula is C22H21N9O. The third kappa shape index (κ3) is 3.58. The lowest BCUT2D eigenvalue weighted by molar-refractivity contribution is 0.415. The minimum Gasteiger partial charge on any atom is -0.497 e. The minimum atomic E-state index is 0.462. The Labute approximate surface area is 183 Å². The summed E-state index contributed by atoms with van der Waals surface area (Å²) in [5.74, 6) is 3.62. The van der Waals surface area contributed by atoms with Crippen LogP contribution >= 0.6 is 0 Å². The summed E-state index contributed by atoms with van der Waals surface area (Å²) in [4.78, 5) is 18.2. The van der Waals surface area contributed by atoms with E-state index >= 15 is 0 Å². The Morgan fingerprint density at radius 3 is 2.47 bits per heavy atom. The van der Waals surface area contributed by atoms with E-state index in [-0.39, 0.29) is 0 Å². The van der Waals surface area contributed by atoms with E-state index in [1.54, 1.807) is 20.4 Å². The van der Waals surface area contributed by atoms with Crippen LogP contribution in [0.25, 0.3) is 28.1 Å². The van der Waals surface area contributed by atoms with Crippen LogP contribution in [-0.4, -0.2) is 48.9 Å². The molecule has 10 heteroatoms. The maximum atomic E-state index is 5.27. The van der Waals surface area contributed by atoms with E-state index in [1.807, 2.05) is 54.0 Å². The van der Waals surface area contributed by atoms with Crippen LogP contribution < -0.4 is 15.4 Å². The van der Waals surface area contributed by atoms with Crippen molar-refractivity contribution in [3.05, 3.63) is 60.6 Å². The lowest BCUT2D eigenvalue weighted by Crippen LogP contribution is -2.10. The highest BCUT2D eigenvalue weighted by molar-refractivity contribution is 5.86. The summed E-state index contributed by atoms with van der Waals surface area (Å²) in [6, 6.07) is 15.9. The van der Waals surface area contributed by atoms with E-state index in [1.165, 1.54) is 0 Å². The van der Waals surface area contributed by atoms with Gasteiger partial charge in [-0.3, -0.25) is 5.10 Å². The maximum absolute atomic E-state index is 5.27. The van der Waals surface area contributed by atoms with Crippen molar-refractivity contribution in [2.75, 3.05) is 24.8 Å². The van der Waals surface area contributed by atoms with Crippen molar-refractivity contribution >= 4 is 28.7 Å². The molecule has 5 rings (SSSR count). The zero-order valence-electron chi connectivity index (χ0n) is 17.8. The summed E-state index contributed by atoms with van der Waals surface area (Å²) in [6.45, 7) is 1.83. The highest BCUT2D eigenvalue weighted by Crippen LogP contribution is 2.30. The molecule has 0 aliphatic carbocycles. The Morgan fingerprint density at radius 2 is 1.75 bits per heavy atom. The van der Waals surface area contributed by atoms with Gasteiger partial charge < -0.3 is 15.4 Å². The summed E-state index contributed by atoms with van der Waals surface area (Å²) in [5, 5.41) is 13.1. The summed E-state index contributed by atoms with van der Waals surface area (Å²) < 4.78 is 7.13. The quantitative estimate of drug-likeness (QED) is 0.375. The number of imidazole rings is 1. The van der Waals surface area contributed by atoms with Gasteiger partial charge in [0.2, 0.25) is 17.8 Å². The first-order valence-electron chi connectivity index (χ1n) is 9.99. The van der Waals surface area contributed by atoms with Crippen molar-refractivity contribution in [3.8, 4) is 22.8 Å². The lowest BCUT2D eigenvalue weighted by atomic mass is 10.1. The topological polar surface area (TPSA) is 118 Å². The van der Waals surface area contributed by atoms with Crippen molar-refractivity contribution in [1.82, 2.24) is 34.7 Å². The van der Waals surface area contributed by atoms with E-state index in [9.17, 15) is 0 Å². The number of hydrogen-bond donors (Lipinski definition) is 3. The molecule has 3 heterocycles. The average Bonchev–Trinajstić information content (AvgIpc) is 3.45. The van der Waals surface area contributed by atoms with Gasteiger partial charge in [-0.15, -0.1) is 0 Å². The molecule has 0 unspecified atom stereocenters. The molecule has 0 saturated heterocycles. The maximum Gasteiger partial charge on any atom is 0.242 e. The predicted molar refractivity (Wildman–Crippen MR) is 123 cm³/mol.